The molecule has 1 aromatic carbocycles. The third-order valence-corrected chi connectivity index (χ3v) is 7.03. The van der Waals surface area contributed by atoms with Crippen LogP contribution in [0.5, 0.6) is 5.75 Å². The summed E-state index contributed by atoms with van der Waals surface area (Å²) in [7, 11) is 0. The molecule has 5 heterocycles. The number of carbonyl (C=O) groups is 1. The molecule has 0 radical (unpaired) electrons. The first-order valence-electron chi connectivity index (χ1n) is 11.0. The van der Waals surface area contributed by atoms with Crippen LogP contribution in [0.3, 0.4) is 0 Å². The van der Waals surface area contributed by atoms with Crippen LogP contribution in [-0.2, 0) is 9.53 Å². The molecule has 172 valence electrons. The monoisotopic (exact) mass is 458 g/mol. The molecule has 2 aromatic heterocycles. The van der Waals surface area contributed by atoms with Gasteiger partial charge in [0, 0.05) is 35.9 Å². The van der Waals surface area contributed by atoms with E-state index < -0.39 is 18.4 Å². The van der Waals surface area contributed by atoms with Crippen LogP contribution >= 0.6 is 0 Å². The van der Waals surface area contributed by atoms with Crippen LogP contribution in [0.1, 0.15) is 12.8 Å². The largest absolute Gasteiger partial charge is 0.490 e. The highest BCUT2D eigenvalue weighted by Crippen LogP contribution is 2.48. The van der Waals surface area contributed by atoms with Crippen molar-refractivity contribution >= 4 is 16.9 Å². The minimum Gasteiger partial charge on any atom is -0.488 e. The molecule has 3 aliphatic heterocycles. The molecular weight excluding hydrogens is 437 g/mol. The Kier molecular flexibility index (Phi) is 4.65. The molecule has 3 aromatic rings. The maximum Gasteiger partial charge on any atom is 0.490 e. The second-order valence-electron chi connectivity index (χ2n) is 9.14. The number of rotatable bonds is 4. The molecule has 4 aliphatic rings. The molecule has 4 fully saturated rings. The Morgan fingerprint density at radius 3 is 2.79 bits per heavy atom. The summed E-state index contributed by atoms with van der Waals surface area (Å²) in [5.41, 5.74) is 2.52. The van der Waals surface area contributed by atoms with Gasteiger partial charge in [-0.05, 0) is 55.2 Å². The molecule has 0 amide bonds. The number of esters is 1. The van der Waals surface area contributed by atoms with Gasteiger partial charge >= 0.3 is 12.1 Å². The Morgan fingerprint density at radius 1 is 1.12 bits per heavy atom. The summed E-state index contributed by atoms with van der Waals surface area (Å²) in [5, 5.41) is 0.984. The van der Waals surface area contributed by atoms with Gasteiger partial charge in [0.1, 0.15) is 17.4 Å². The third-order valence-electron chi connectivity index (χ3n) is 7.03. The minimum atomic E-state index is -5.01. The van der Waals surface area contributed by atoms with E-state index in [1.165, 1.54) is 0 Å². The maximum atomic E-state index is 12.8. The molecule has 1 saturated carbocycles. The van der Waals surface area contributed by atoms with Crippen molar-refractivity contribution < 1.29 is 31.9 Å². The molecule has 3 saturated heterocycles. The summed E-state index contributed by atoms with van der Waals surface area (Å²) in [4.78, 5) is 17.9. The fraction of sp³-hybridized carbons (Fsp3) is 0.417. The molecular formula is C24H21F3N2O4. The molecule has 0 spiro atoms. The van der Waals surface area contributed by atoms with Crippen molar-refractivity contribution in [3.63, 3.8) is 0 Å². The highest BCUT2D eigenvalue weighted by atomic mass is 19.4. The smallest absolute Gasteiger partial charge is 0.488 e. The van der Waals surface area contributed by atoms with E-state index in [0.717, 1.165) is 28.6 Å². The number of alkyl halides is 3. The van der Waals surface area contributed by atoms with Crippen molar-refractivity contribution in [2.75, 3.05) is 13.1 Å². The number of ether oxygens (including phenoxy) is 2. The number of nitrogens with zero attached hydrogens (tertiary/aromatic N) is 2. The van der Waals surface area contributed by atoms with Gasteiger partial charge in [0.2, 0.25) is 0 Å². The second kappa shape index (κ2) is 7.48. The fourth-order valence-electron chi connectivity index (χ4n) is 5.75. The van der Waals surface area contributed by atoms with Crippen LogP contribution in [0.15, 0.2) is 53.3 Å². The van der Waals surface area contributed by atoms with E-state index >= 15 is 0 Å². The van der Waals surface area contributed by atoms with Gasteiger partial charge in [-0.1, -0.05) is 0 Å². The van der Waals surface area contributed by atoms with Gasteiger partial charge in [-0.15, -0.1) is 0 Å². The number of hydrogen-bond donors (Lipinski definition) is 0. The fourth-order valence-corrected chi connectivity index (χ4v) is 5.75. The summed E-state index contributed by atoms with van der Waals surface area (Å²) in [6.45, 7) is 1.22. The Hall–Kier alpha value is -3.07. The molecule has 0 N–H and O–H groups in total. The van der Waals surface area contributed by atoms with Crippen molar-refractivity contribution in [3.05, 3.63) is 48.9 Å². The zero-order valence-electron chi connectivity index (χ0n) is 17.5. The van der Waals surface area contributed by atoms with E-state index in [9.17, 15) is 18.0 Å². The van der Waals surface area contributed by atoms with Crippen molar-refractivity contribution in [2.45, 2.75) is 31.3 Å². The number of furan rings is 1. The van der Waals surface area contributed by atoms with E-state index in [2.05, 4.69) is 4.98 Å². The number of aromatic nitrogens is 1. The first-order valence-corrected chi connectivity index (χ1v) is 11.0. The minimum absolute atomic E-state index is 0.187. The maximum absolute atomic E-state index is 12.8. The summed E-state index contributed by atoms with van der Waals surface area (Å²) in [5.74, 6) is -1.30. The molecule has 4 unspecified atom stereocenters. The molecule has 6 nitrogen and oxygen atoms in total. The van der Waals surface area contributed by atoms with Gasteiger partial charge in [0.05, 0.1) is 18.2 Å². The Morgan fingerprint density at radius 2 is 2.00 bits per heavy atom. The number of carbonyl (C=O) groups excluding carboxylic acids is 1. The average molecular weight is 458 g/mol. The van der Waals surface area contributed by atoms with Crippen molar-refractivity contribution in [2.24, 2.45) is 17.8 Å². The van der Waals surface area contributed by atoms with Crippen LogP contribution in [-0.4, -0.2) is 47.5 Å². The van der Waals surface area contributed by atoms with Gasteiger partial charge in [-0.2, -0.15) is 13.2 Å². The zero-order chi connectivity index (χ0) is 22.7. The van der Waals surface area contributed by atoms with Gasteiger partial charge in [0.15, 0.2) is 6.23 Å². The summed E-state index contributed by atoms with van der Waals surface area (Å²) >= 11 is 0. The van der Waals surface area contributed by atoms with Crippen LogP contribution in [0, 0.1) is 17.8 Å². The normalized spacial score (nSPS) is 30.5. The molecule has 6 atom stereocenters. The predicted molar refractivity (Wildman–Crippen MR) is 111 cm³/mol. The number of fused-ring (bicyclic) bond motifs is 1. The van der Waals surface area contributed by atoms with Crippen molar-refractivity contribution in [1.29, 1.82) is 0 Å². The standard InChI is InChI=1S/C24H21F3N2O4/c25-24(26,27)23(30)33-22-18-8-13-7-16(12-29(22)11-13)21(18)32-17-2-3-19(28-10-17)14-1-4-20-15(9-14)5-6-31-20/h1-6,9-10,13,16,18,21-22H,7-8,11-12H2/t13?,16-,18-,21?,22?/m0/s1. The van der Waals surface area contributed by atoms with E-state index in [1.54, 1.807) is 12.5 Å². The van der Waals surface area contributed by atoms with Crippen LogP contribution in [0.2, 0.25) is 0 Å². The molecule has 1 aliphatic carbocycles. The number of benzene rings is 1. The predicted octanol–water partition coefficient (Wildman–Crippen LogP) is 4.65. The number of hydrogen-bond acceptors (Lipinski definition) is 6. The lowest BCUT2D eigenvalue weighted by Crippen LogP contribution is -2.67. The lowest BCUT2D eigenvalue weighted by atomic mass is 9.65. The molecule has 4 bridgehead atoms. The molecule has 7 rings (SSSR count). The Bertz CT molecular complexity index is 1190. The quantitative estimate of drug-likeness (QED) is 0.531. The van der Waals surface area contributed by atoms with E-state index in [-0.39, 0.29) is 17.9 Å². The number of halogens is 3. The van der Waals surface area contributed by atoms with Gasteiger partial charge in [-0.3, -0.25) is 9.88 Å². The number of piperidine rings is 3. The Balaban J connectivity index is 1.20. The third kappa shape index (κ3) is 3.64. The topological polar surface area (TPSA) is 64.8 Å². The zero-order valence-corrected chi connectivity index (χ0v) is 17.5. The second-order valence-corrected chi connectivity index (χ2v) is 9.14. The highest BCUT2D eigenvalue weighted by molar-refractivity contribution is 5.82. The van der Waals surface area contributed by atoms with Crippen molar-refractivity contribution in [3.8, 4) is 17.0 Å². The highest BCUT2D eigenvalue weighted by Gasteiger charge is 2.57. The van der Waals surface area contributed by atoms with Crippen LogP contribution in [0.25, 0.3) is 22.2 Å². The molecule has 9 heteroatoms. The first kappa shape index (κ1) is 20.5. The first-order chi connectivity index (χ1) is 15.8. The van der Waals surface area contributed by atoms with E-state index in [4.69, 9.17) is 13.9 Å². The summed E-state index contributed by atoms with van der Waals surface area (Å²) in [6, 6.07) is 11.4. The van der Waals surface area contributed by atoms with Crippen LogP contribution < -0.4 is 4.74 Å². The van der Waals surface area contributed by atoms with Gasteiger partial charge < -0.3 is 13.9 Å². The summed E-state index contributed by atoms with van der Waals surface area (Å²) in [6.07, 6.45) is -1.32. The van der Waals surface area contributed by atoms with Gasteiger partial charge in [-0.25, -0.2) is 4.79 Å². The van der Waals surface area contributed by atoms with E-state index in [1.807, 2.05) is 41.3 Å². The Labute approximate surface area is 187 Å². The number of pyridine rings is 1. The lowest BCUT2D eigenvalue weighted by Gasteiger charge is -2.58. The molecule has 33 heavy (non-hydrogen) atoms. The SMILES string of the molecule is O=C(OC1[C@H]2CC3C[C@@H](CN1C3)C2Oc1ccc(-c2ccc3occc3c2)nc1)C(F)(F)F. The lowest BCUT2D eigenvalue weighted by molar-refractivity contribution is -0.247. The van der Waals surface area contributed by atoms with E-state index in [0.29, 0.717) is 31.2 Å². The summed E-state index contributed by atoms with van der Waals surface area (Å²) < 4.78 is 55.0. The van der Waals surface area contributed by atoms with Crippen molar-refractivity contribution in [1.82, 2.24) is 9.88 Å². The van der Waals surface area contributed by atoms with Crippen LogP contribution in [0.4, 0.5) is 13.2 Å². The average Bonchev–Trinajstić information content (AvgIpc) is 3.26. The van der Waals surface area contributed by atoms with Gasteiger partial charge in [0.25, 0.3) is 0 Å².